The molecule has 39 heavy (non-hydrogen) atoms. The molecule has 1 aliphatic carbocycles. The van der Waals surface area contributed by atoms with Crippen molar-refractivity contribution in [2.24, 2.45) is 0 Å². The van der Waals surface area contributed by atoms with Gasteiger partial charge in [-0.1, -0.05) is 23.9 Å². The van der Waals surface area contributed by atoms with Crippen LogP contribution in [-0.4, -0.2) is 41.1 Å². The molecule has 1 fully saturated rings. The van der Waals surface area contributed by atoms with Gasteiger partial charge in [0.2, 0.25) is 0 Å². The van der Waals surface area contributed by atoms with Crippen LogP contribution in [0.5, 0.6) is 17.2 Å². The van der Waals surface area contributed by atoms with Gasteiger partial charge in [-0.15, -0.1) is 23.4 Å². The summed E-state index contributed by atoms with van der Waals surface area (Å²) in [5.74, 6) is 1.70. The summed E-state index contributed by atoms with van der Waals surface area (Å²) in [4.78, 5) is 13.8. The SMILES string of the molecule is COc1ccc(C(=O)C(Sc2nnc(C3CC3)n2-c2ccc(OC(F)(F)F)cc2)c2ccc(OC)cc2)cc1. The molecule has 0 amide bonds. The van der Waals surface area contributed by atoms with E-state index in [2.05, 4.69) is 14.9 Å². The minimum absolute atomic E-state index is 0.149. The molecule has 1 atom stereocenters. The molecule has 5 rings (SSSR count). The standard InChI is InChI=1S/C28H24F3N3O4S/c1-36-21-11-5-17(6-12-21)24(35)25(18-7-13-22(37-2)14-8-18)39-27-33-32-26(19-3-4-19)34(27)20-9-15-23(16-10-20)38-28(29,30)31/h5-16,19,25H,3-4H2,1-2H3. The average Bonchev–Trinajstić information content (AvgIpc) is 3.70. The van der Waals surface area contributed by atoms with E-state index >= 15 is 0 Å². The molecule has 0 bridgehead atoms. The summed E-state index contributed by atoms with van der Waals surface area (Å²) in [5.41, 5.74) is 1.80. The van der Waals surface area contributed by atoms with E-state index in [0.29, 0.717) is 33.7 Å². The summed E-state index contributed by atoms with van der Waals surface area (Å²) < 4.78 is 54.3. The minimum atomic E-state index is -4.79. The van der Waals surface area contributed by atoms with Gasteiger partial charge in [-0.2, -0.15) is 0 Å². The van der Waals surface area contributed by atoms with Crippen LogP contribution < -0.4 is 14.2 Å². The molecule has 202 valence electrons. The van der Waals surface area contributed by atoms with Crippen molar-refractivity contribution < 1.29 is 32.2 Å². The smallest absolute Gasteiger partial charge is 0.497 e. The van der Waals surface area contributed by atoms with Crippen LogP contribution in [0.3, 0.4) is 0 Å². The van der Waals surface area contributed by atoms with Crippen molar-refractivity contribution in [3.63, 3.8) is 0 Å². The molecule has 0 spiro atoms. The summed E-state index contributed by atoms with van der Waals surface area (Å²) in [6.07, 6.45) is -2.92. The summed E-state index contributed by atoms with van der Waals surface area (Å²) in [7, 11) is 3.12. The van der Waals surface area contributed by atoms with Gasteiger partial charge in [0.05, 0.1) is 14.2 Å². The lowest BCUT2D eigenvalue weighted by atomic mass is 10.0. The molecule has 0 N–H and O–H groups in total. The highest BCUT2D eigenvalue weighted by atomic mass is 32.2. The Kier molecular flexibility index (Phi) is 7.51. The normalized spacial score (nSPS) is 14.1. The Morgan fingerprint density at radius 1 is 0.872 bits per heavy atom. The molecule has 11 heteroatoms. The number of ether oxygens (including phenoxy) is 3. The Bertz CT molecular complexity index is 1440. The van der Waals surface area contributed by atoms with Crippen molar-refractivity contribution in [2.45, 2.75) is 35.5 Å². The number of carbonyl (C=O) groups excluding carboxylic acids is 1. The van der Waals surface area contributed by atoms with Crippen LogP contribution in [0.1, 0.15) is 45.8 Å². The maximum atomic E-state index is 13.8. The van der Waals surface area contributed by atoms with Crippen LogP contribution in [-0.2, 0) is 0 Å². The number of rotatable bonds is 10. The third kappa shape index (κ3) is 6.19. The molecule has 1 saturated carbocycles. The maximum Gasteiger partial charge on any atom is 0.573 e. The molecule has 1 aliphatic rings. The molecular weight excluding hydrogens is 531 g/mol. The molecular formula is C28H24F3N3O4S. The van der Waals surface area contributed by atoms with Gasteiger partial charge in [0.1, 0.15) is 28.3 Å². The van der Waals surface area contributed by atoms with Gasteiger partial charge in [-0.25, -0.2) is 0 Å². The largest absolute Gasteiger partial charge is 0.573 e. The first-order chi connectivity index (χ1) is 18.8. The Morgan fingerprint density at radius 3 is 1.97 bits per heavy atom. The first-order valence-electron chi connectivity index (χ1n) is 12.1. The lowest BCUT2D eigenvalue weighted by Gasteiger charge is -2.18. The fraction of sp³-hybridized carbons (Fsp3) is 0.250. The van der Waals surface area contributed by atoms with Gasteiger partial charge < -0.3 is 14.2 Å². The highest BCUT2D eigenvalue weighted by molar-refractivity contribution is 8.00. The molecule has 7 nitrogen and oxygen atoms in total. The van der Waals surface area contributed by atoms with Gasteiger partial charge in [-0.05, 0) is 79.1 Å². The lowest BCUT2D eigenvalue weighted by molar-refractivity contribution is -0.274. The fourth-order valence-electron chi connectivity index (χ4n) is 4.07. The monoisotopic (exact) mass is 555 g/mol. The summed E-state index contributed by atoms with van der Waals surface area (Å²) >= 11 is 1.23. The number of ketones is 1. The van der Waals surface area contributed by atoms with E-state index in [9.17, 15) is 18.0 Å². The maximum absolute atomic E-state index is 13.8. The van der Waals surface area contributed by atoms with E-state index in [4.69, 9.17) is 9.47 Å². The molecule has 1 aromatic heterocycles. The topological polar surface area (TPSA) is 75.5 Å². The second-order valence-corrected chi connectivity index (χ2v) is 9.93. The van der Waals surface area contributed by atoms with E-state index in [1.54, 1.807) is 55.2 Å². The van der Waals surface area contributed by atoms with E-state index in [1.807, 2.05) is 12.1 Å². The zero-order valence-corrected chi connectivity index (χ0v) is 21.8. The number of carbonyl (C=O) groups is 1. The molecule has 0 saturated heterocycles. The number of benzene rings is 3. The van der Waals surface area contributed by atoms with Crippen molar-refractivity contribution in [3.8, 4) is 22.9 Å². The molecule has 1 heterocycles. The van der Waals surface area contributed by atoms with Crippen LogP contribution in [0.15, 0.2) is 78.0 Å². The molecule has 3 aromatic carbocycles. The number of hydrogen-bond acceptors (Lipinski definition) is 7. The highest BCUT2D eigenvalue weighted by Gasteiger charge is 2.34. The zero-order valence-electron chi connectivity index (χ0n) is 21.0. The number of Topliss-reactive ketones (excluding diaryl/α,β-unsaturated/α-hetero) is 1. The summed E-state index contributed by atoms with van der Waals surface area (Å²) in [6.45, 7) is 0. The molecule has 1 unspecified atom stereocenters. The number of methoxy groups -OCH3 is 2. The van der Waals surface area contributed by atoms with E-state index in [1.165, 1.54) is 36.0 Å². The van der Waals surface area contributed by atoms with E-state index in [-0.39, 0.29) is 17.5 Å². The van der Waals surface area contributed by atoms with Crippen molar-refractivity contribution in [1.29, 1.82) is 0 Å². The van der Waals surface area contributed by atoms with Gasteiger partial charge >= 0.3 is 6.36 Å². The highest BCUT2D eigenvalue weighted by Crippen LogP contribution is 2.44. The minimum Gasteiger partial charge on any atom is -0.497 e. The van der Waals surface area contributed by atoms with Gasteiger partial charge in [0.25, 0.3) is 0 Å². The number of nitrogens with zero attached hydrogens (tertiary/aromatic N) is 3. The fourth-order valence-corrected chi connectivity index (χ4v) is 5.21. The van der Waals surface area contributed by atoms with Crippen molar-refractivity contribution in [2.75, 3.05) is 14.2 Å². The zero-order chi connectivity index (χ0) is 27.6. The van der Waals surface area contributed by atoms with Crippen LogP contribution in [0.25, 0.3) is 5.69 Å². The van der Waals surface area contributed by atoms with Crippen molar-refractivity contribution in [1.82, 2.24) is 14.8 Å². The Balaban J connectivity index is 1.52. The molecule has 0 aliphatic heterocycles. The number of halogens is 3. The van der Waals surface area contributed by atoms with Crippen LogP contribution in [0, 0.1) is 0 Å². The predicted octanol–water partition coefficient (Wildman–Crippen LogP) is 6.78. The van der Waals surface area contributed by atoms with Crippen LogP contribution >= 0.6 is 11.8 Å². The third-order valence-corrected chi connectivity index (χ3v) is 7.38. The second kappa shape index (κ2) is 11.0. The molecule has 0 radical (unpaired) electrons. The number of hydrogen-bond donors (Lipinski definition) is 0. The first kappa shape index (κ1) is 26.6. The summed E-state index contributed by atoms with van der Waals surface area (Å²) in [5, 5.41) is 8.56. The predicted molar refractivity (Wildman–Crippen MR) is 139 cm³/mol. The second-order valence-electron chi connectivity index (χ2n) is 8.86. The Labute approximate surface area is 226 Å². The average molecular weight is 556 g/mol. The summed E-state index contributed by atoms with van der Waals surface area (Å²) in [6, 6.07) is 19.6. The van der Waals surface area contributed by atoms with Crippen molar-refractivity contribution in [3.05, 3.63) is 89.7 Å². The number of aromatic nitrogens is 3. The Hall–Kier alpha value is -3.99. The quantitative estimate of drug-likeness (QED) is 0.158. The lowest BCUT2D eigenvalue weighted by Crippen LogP contribution is -2.17. The van der Waals surface area contributed by atoms with Gasteiger partial charge in [-0.3, -0.25) is 9.36 Å². The van der Waals surface area contributed by atoms with Crippen molar-refractivity contribution >= 4 is 17.5 Å². The van der Waals surface area contributed by atoms with Crippen LogP contribution in [0.4, 0.5) is 13.2 Å². The van der Waals surface area contributed by atoms with Gasteiger partial charge in [0.15, 0.2) is 10.9 Å². The van der Waals surface area contributed by atoms with Crippen LogP contribution in [0.2, 0.25) is 0 Å². The number of alkyl halides is 3. The third-order valence-electron chi connectivity index (χ3n) is 6.18. The number of thioether (sulfide) groups is 1. The first-order valence-corrected chi connectivity index (χ1v) is 12.9. The Morgan fingerprint density at radius 2 is 1.44 bits per heavy atom. The van der Waals surface area contributed by atoms with E-state index in [0.717, 1.165) is 18.4 Å². The van der Waals surface area contributed by atoms with Gasteiger partial charge in [0, 0.05) is 17.2 Å². The molecule has 4 aromatic rings. The van der Waals surface area contributed by atoms with E-state index < -0.39 is 11.6 Å².